The highest BCUT2D eigenvalue weighted by atomic mass is 127. The monoisotopic (exact) mass is 468 g/mol. The van der Waals surface area contributed by atoms with Crippen molar-refractivity contribution in [2.24, 2.45) is 10.9 Å². The summed E-state index contributed by atoms with van der Waals surface area (Å²) >= 11 is 0. The molecule has 0 amide bonds. The minimum absolute atomic E-state index is 0. The number of aryl methyl sites for hydroxylation is 2. The molecule has 7 heteroatoms. The molecule has 1 fully saturated rings. The normalized spacial score (nSPS) is 15.7. The third-order valence-corrected chi connectivity index (χ3v) is 4.78. The minimum Gasteiger partial charge on any atom is -0.352 e. The van der Waals surface area contributed by atoms with Gasteiger partial charge in [-0.25, -0.2) is 9.67 Å². The summed E-state index contributed by atoms with van der Waals surface area (Å²) in [6.07, 6.45) is 4.38. The zero-order valence-corrected chi connectivity index (χ0v) is 18.4. The molecular formula is C19H29IN6. The van der Waals surface area contributed by atoms with E-state index in [0.29, 0.717) is 0 Å². The molecule has 0 aromatic carbocycles. The van der Waals surface area contributed by atoms with E-state index < -0.39 is 0 Å². The molecule has 0 aliphatic carbocycles. The molecule has 0 bridgehead atoms. The van der Waals surface area contributed by atoms with Crippen molar-refractivity contribution in [1.29, 1.82) is 0 Å². The zero-order valence-electron chi connectivity index (χ0n) is 16.1. The maximum Gasteiger partial charge on any atom is 0.193 e. The summed E-state index contributed by atoms with van der Waals surface area (Å²) in [5.41, 5.74) is 3.23. The molecular weight excluding hydrogens is 439 g/mol. The van der Waals surface area contributed by atoms with E-state index >= 15 is 0 Å². The molecule has 26 heavy (non-hydrogen) atoms. The third kappa shape index (κ3) is 4.96. The Balaban J connectivity index is 0.00000243. The number of pyridine rings is 1. The number of halogens is 1. The average Bonchev–Trinajstić information content (AvgIpc) is 2.96. The number of aromatic nitrogens is 3. The Morgan fingerprint density at radius 1 is 1.27 bits per heavy atom. The van der Waals surface area contributed by atoms with Crippen LogP contribution in [-0.2, 0) is 6.54 Å². The van der Waals surface area contributed by atoms with Crippen molar-refractivity contribution >= 4 is 29.9 Å². The highest BCUT2D eigenvalue weighted by molar-refractivity contribution is 14.0. The van der Waals surface area contributed by atoms with Crippen LogP contribution in [0, 0.1) is 19.8 Å². The first-order valence-corrected chi connectivity index (χ1v) is 9.01. The number of guanidine groups is 1. The maximum absolute atomic E-state index is 4.56. The van der Waals surface area contributed by atoms with Gasteiger partial charge in [0.25, 0.3) is 0 Å². The lowest BCUT2D eigenvalue weighted by molar-refractivity contribution is 0.273. The molecule has 1 N–H and O–H groups in total. The SMILES string of the molecule is CN=C(NCc1ccc(-n2nc(C)cc2C)nc1)N1CCC(C)CC1.I. The van der Waals surface area contributed by atoms with Gasteiger partial charge in [0.15, 0.2) is 11.8 Å². The smallest absolute Gasteiger partial charge is 0.193 e. The van der Waals surface area contributed by atoms with Gasteiger partial charge in [-0.15, -0.1) is 24.0 Å². The second-order valence-electron chi connectivity index (χ2n) is 6.93. The molecule has 3 heterocycles. The highest BCUT2D eigenvalue weighted by Crippen LogP contribution is 2.16. The number of nitrogens with zero attached hydrogens (tertiary/aromatic N) is 5. The third-order valence-electron chi connectivity index (χ3n) is 4.78. The average molecular weight is 468 g/mol. The second kappa shape index (κ2) is 9.34. The largest absolute Gasteiger partial charge is 0.352 e. The van der Waals surface area contributed by atoms with Gasteiger partial charge >= 0.3 is 0 Å². The van der Waals surface area contributed by atoms with Gasteiger partial charge in [0.2, 0.25) is 0 Å². The first-order chi connectivity index (χ1) is 12.1. The maximum atomic E-state index is 4.56. The van der Waals surface area contributed by atoms with Crippen molar-refractivity contribution < 1.29 is 0 Å². The second-order valence-corrected chi connectivity index (χ2v) is 6.93. The van der Waals surface area contributed by atoms with Gasteiger partial charge < -0.3 is 10.2 Å². The summed E-state index contributed by atoms with van der Waals surface area (Å²) < 4.78 is 1.88. The Hall–Kier alpha value is -1.64. The first kappa shape index (κ1) is 20.7. The topological polar surface area (TPSA) is 58.3 Å². The van der Waals surface area contributed by atoms with Crippen LogP contribution < -0.4 is 5.32 Å². The fourth-order valence-corrected chi connectivity index (χ4v) is 3.24. The van der Waals surface area contributed by atoms with E-state index in [2.05, 4.69) is 44.3 Å². The molecule has 1 aliphatic heterocycles. The Labute approximate surface area is 173 Å². The number of hydrogen-bond donors (Lipinski definition) is 1. The summed E-state index contributed by atoms with van der Waals surface area (Å²) in [4.78, 5) is 11.3. The number of piperidine rings is 1. The first-order valence-electron chi connectivity index (χ1n) is 9.01. The van der Waals surface area contributed by atoms with Gasteiger partial charge in [-0.05, 0) is 50.3 Å². The fourth-order valence-electron chi connectivity index (χ4n) is 3.24. The number of nitrogens with one attached hydrogen (secondary N) is 1. The Morgan fingerprint density at radius 3 is 2.54 bits per heavy atom. The van der Waals surface area contributed by atoms with Gasteiger partial charge in [-0.3, -0.25) is 4.99 Å². The van der Waals surface area contributed by atoms with Gasteiger partial charge in [0.1, 0.15) is 0 Å². The van der Waals surface area contributed by atoms with Crippen molar-refractivity contribution in [2.75, 3.05) is 20.1 Å². The molecule has 1 aliphatic rings. The van der Waals surface area contributed by atoms with Crippen molar-refractivity contribution in [3.8, 4) is 5.82 Å². The highest BCUT2D eigenvalue weighted by Gasteiger charge is 2.18. The van der Waals surface area contributed by atoms with E-state index in [1.807, 2.05) is 37.8 Å². The molecule has 0 saturated carbocycles. The molecule has 0 spiro atoms. The predicted octanol–water partition coefficient (Wildman–Crippen LogP) is 3.31. The van der Waals surface area contributed by atoms with Crippen LogP contribution in [-0.4, -0.2) is 45.8 Å². The van der Waals surface area contributed by atoms with Crippen LogP contribution in [0.3, 0.4) is 0 Å². The summed E-state index contributed by atoms with van der Waals surface area (Å²) in [6.45, 7) is 9.24. The zero-order chi connectivity index (χ0) is 17.8. The fraction of sp³-hybridized carbons (Fsp3) is 0.526. The Bertz CT molecular complexity index is 729. The minimum atomic E-state index is 0. The van der Waals surface area contributed by atoms with E-state index in [4.69, 9.17) is 0 Å². The molecule has 6 nitrogen and oxygen atoms in total. The lowest BCUT2D eigenvalue weighted by Gasteiger charge is -2.32. The van der Waals surface area contributed by atoms with Crippen molar-refractivity contribution in [2.45, 2.75) is 40.2 Å². The summed E-state index contributed by atoms with van der Waals surface area (Å²) in [6, 6.07) is 6.17. The molecule has 142 valence electrons. The van der Waals surface area contributed by atoms with Crippen LogP contribution in [0.5, 0.6) is 0 Å². The molecule has 2 aromatic heterocycles. The van der Waals surface area contributed by atoms with Crippen LogP contribution >= 0.6 is 24.0 Å². The summed E-state index contributed by atoms with van der Waals surface area (Å²) in [5.74, 6) is 2.65. The van der Waals surface area contributed by atoms with E-state index in [-0.39, 0.29) is 24.0 Å². The van der Waals surface area contributed by atoms with E-state index in [1.165, 1.54) is 12.8 Å². The molecule has 2 aromatic rings. The summed E-state index contributed by atoms with van der Waals surface area (Å²) in [5, 5.41) is 7.94. The van der Waals surface area contributed by atoms with Crippen molar-refractivity contribution in [3.63, 3.8) is 0 Å². The van der Waals surface area contributed by atoms with Crippen LogP contribution in [0.25, 0.3) is 5.82 Å². The summed E-state index contributed by atoms with van der Waals surface area (Å²) in [7, 11) is 1.85. The molecule has 0 radical (unpaired) electrons. The van der Waals surface area contributed by atoms with Crippen LogP contribution in [0.2, 0.25) is 0 Å². The number of likely N-dealkylation sites (tertiary alicyclic amines) is 1. The van der Waals surface area contributed by atoms with Crippen LogP contribution in [0.15, 0.2) is 29.4 Å². The lowest BCUT2D eigenvalue weighted by atomic mass is 10.00. The van der Waals surface area contributed by atoms with E-state index in [9.17, 15) is 0 Å². The van der Waals surface area contributed by atoms with Crippen molar-refractivity contribution in [1.82, 2.24) is 25.0 Å². The molecule has 0 atom stereocenters. The molecule has 0 unspecified atom stereocenters. The number of hydrogen-bond acceptors (Lipinski definition) is 3. The number of aliphatic imine (C=N–C) groups is 1. The predicted molar refractivity (Wildman–Crippen MR) is 116 cm³/mol. The Morgan fingerprint density at radius 2 is 2.00 bits per heavy atom. The Kier molecular flexibility index (Phi) is 7.43. The van der Waals surface area contributed by atoms with E-state index in [1.54, 1.807) is 0 Å². The van der Waals surface area contributed by atoms with Gasteiger partial charge in [0, 0.05) is 38.6 Å². The van der Waals surface area contributed by atoms with Crippen LogP contribution in [0.1, 0.15) is 36.7 Å². The molecule has 1 saturated heterocycles. The van der Waals surface area contributed by atoms with E-state index in [0.717, 1.165) is 54.3 Å². The quantitative estimate of drug-likeness (QED) is 0.427. The molecule has 3 rings (SSSR count). The van der Waals surface area contributed by atoms with Gasteiger partial charge in [-0.1, -0.05) is 13.0 Å². The lowest BCUT2D eigenvalue weighted by Crippen LogP contribution is -2.45. The number of rotatable bonds is 3. The van der Waals surface area contributed by atoms with Gasteiger partial charge in [-0.2, -0.15) is 5.10 Å². The van der Waals surface area contributed by atoms with Crippen LogP contribution in [0.4, 0.5) is 0 Å². The van der Waals surface area contributed by atoms with Crippen molar-refractivity contribution in [3.05, 3.63) is 41.3 Å². The van der Waals surface area contributed by atoms with Gasteiger partial charge in [0.05, 0.1) is 5.69 Å². The standard InChI is InChI=1S/C19H28N6.HI/c1-14-7-9-24(10-8-14)19(20-4)22-13-17-5-6-18(21-12-17)25-16(3)11-15(2)23-25;/h5-6,11-12,14H,7-10,13H2,1-4H3,(H,20,22);1H.